The second-order valence-electron chi connectivity index (χ2n) is 4.93. The summed E-state index contributed by atoms with van der Waals surface area (Å²) in [6.07, 6.45) is 0.621. The third kappa shape index (κ3) is 4.55. The van der Waals surface area contributed by atoms with E-state index in [0.717, 1.165) is 10.4 Å². The molecule has 0 saturated heterocycles. The fourth-order valence-electron chi connectivity index (χ4n) is 2.31. The number of hydrogen-bond acceptors (Lipinski definition) is 5. The van der Waals surface area contributed by atoms with Gasteiger partial charge in [0.1, 0.15) is 0 Å². The Morgan fingerprint density at radius 2 is 1.83 bits per heavy atom. The number of rotatable bonds is 8. The quantitative estimate of drug-likeness (QED) is 0.768. The standard InChI is InChI=1S/C17H22N2O4S/c1-21-14-7-6-12(15(22-2)16(14)23-3)8-9-18-17(20)19-11-13-5-4-10-24-13/h4-7,10H,8-9,11H2,1-3H3,(H2,18,19,20). The summed E-state index contributed by atoms with van der Waals surface area (Å²) >= 11 is 1.61. The zero-order chi connectivity index (χ0) is 17.4. The van der Waals surface area contributed by atoms with Gasteiger partial charge in [-0.25, -0.2) is 4.79 Å². The number of carbonyl (C=O) groups is 1. The number of urea groups is 1. The van der Waals surface area contributed by atoms with Gasteiger partial charge >= 0.3 is 6.03 Å². The molecule has 1 heterocycles. The highest BCUT2D eigenvalue weighted by Crippen LogP contribution is 2.39. The van der Waals surface area contributed by atoms with E-state index in [1.807, 2.05) is 29.6 Å². The number of amides is 2. The van der Waals surface area contributed by atoms with Crippen LogP contribution in [-0.4, -0.2) is 33.9 Å². The van der Waals surface area contributed by atoms with Crippen LogP contribution in [0, 0.1) is 0 Å². The molecule has 24 heavy (non-hydrogen) atoms. The van der Waals surface area contributed by atoms with Crippen molar-refractivity contribution in [3.05, 3.63) is 40.1 Å². The van der Waals surface area contributed by atoms with Crippen molar-refractivity contribution in [2.45, 2.75) is 13.0 Å². The van der Waals surface area contributed by atoms with Gasteiger partial charge in [0.05, 0.1) is 27.9 Å². The van der Waals surface area contributed by atoms with Crippen LogP contribution in [0.15, 0.2) is 29.6 Å². The predicted octanol–water partition coefficient (Wildman–Crippen LogP) is 2.82. The highest BCUT2D eigenvalue weighted by atomic mass is 32.1. The SMILES string of the molecule is COc1ccc(CCNC(=O)NCc2cccs2)c(OC)c1OC. The number of benzene rings is 1. The van der Waals surface area contributed by atoms with E-state index < -0.39 is 0 Å². The second-order valence-corrected chi connectivity index (χ2v) is 5.96. The molecule has 0 spiro atoms. The summed E-state index contributed by atoms with van der Waals surface area (Å²) in [4.78, 5) is 12.9. The molecule has 0 bridgehead atoms. The zero-order valence-corrected chi connectivity index (χ0v) is 14.9. The minimum Gasteiger partial charge on any atom is -0.493 e. The first-order valence-electron chi connectivity index (χ1n) is 7.51. The van der Waals surface area contributed by atoms with Crippen LogP contribution in [0.1, 0.15) is 10.4 Å². The van der Waals surface area contributed by atoms with Gasteiger partial charge in [-0.2, -0.15) is 0 Å². The minimum atomic E-state index is -0.192. The molecule has 0 atom stereocenters. The highest BCUT2D eigenvalue weighted by Gasteiger charge is 2.15. The first kappa shape index (κ1) is 17.9. The van der Waals surface area contributed by atoms with Crippen molar-refractivity contribution >= 4 is 17.4 Å². The van der Waals surface area contributed by atoms with Gasteiger partial charge in [-0.05, 0) is 23.9 Å². The van der Waals surface area contributed by atoms with E-state index in [0.29, 0.717) is 36.8 Å². The van der Waals surface area contributed by atoms with Gasteiger partial charge in [-0.15, -0.1) is 11.3 Å². The summed E-state index contributed by atoms with van der Waals surface area (Å²) in [7, 11) is 4.73. The van der Waals surface area contributed by atoms with Crippen LogP contribution in [0.4, 0.5) is 4.79 Å². The first-order valence-corrected chi connectivity index (χ1v) is 8.39. The van der Waals surface area contributed by atoms with E-state index in [1.54, 1.807) is 32.7 Å². The first-order chi connectivity index (χ1) is 11.7. The van der Waals surface area contributed by atoms with Gasteiger partial charge in [0.15, 0.2) is 11.5 Å². The molecule has 2 rings (SSSR count). The molecule has 0 aliphatic carbocycles. The highest BCUT2D eigenvalue weighted by molar-refractivity contribution is 7.09. The summed E-state index contributed by atoms with van der Waals surface area (Å²) in [6.45, 7) is 1.02. The Balaban J connectivity index is 1.88. The maximum absolute atomic E-state index is 11.8. The lowest BCUT2D eigenvalue weighted by Gasteiger charge is -2.16. The van der Waals surface area contributed by atoms with E-state index in [9.17, 15) is 4.79 Å². The summed E-state index contributed by atoms with van der Waals surface area (Å²) < 4.78 is 16.0. The van der Waals surface area contributed by atoms with Crippen LogP contribution in [0.25, 0.3) is 0 Å². The van der Waals surface area contributed by atoms with E-state index in [4.69, 9.17) is 14.2 Å². The van der Waals surface area contributed by atoms with Crippen molar-refractivity contribution in [3.8, 4) is 17.2 Å². The van der Waals surface area contributed by atoms with Crippen molar-refractivity contribution in [1.82, 2.24) is 10.6 Å². The lowest BCUT2D eigenvalue weighted by molar-refractivity contribution is 0.240. The summed E-state index contributed by atoms with van der Waals surface area (Å²) in [5.41, 5.74) is 0.939. The summed E-state index contributed by atoms with van der Waals surface area (Å²) in [6, 6.07) is 7.49. The van der Waals surface area contributed by atoms with Crippen molar-refractivity contribution in [2.75, 3.05) is 27.9 Å². The molecular weight excluding hydrogens is 328 g/mol. The van der Waals surface area contributed by atoms with Gasteiger partial charge in [-0.3, -0.25) is 0 Å². The Hall–Kier alpha value is -2.41. The smallest absolute Gasteiger partial charge is 0.315 e. The molecule has 1 aromatic carbocycles. The topological polar surface area (TPSA) is 68.8 Å². The molecule has 6 nitrogen and oxygen atoms in total. The fraction of sp³-hybridized carbons (Fsp3) is 0.353. The average molecular weight is 350 g/mol. The van der Waals surface area contributed by atoms with Gasteiger partial charge in [0, 0.05) is 17.0 Å². The number of carbonyl (C=O) groups excluding carboxylic acids is 1. The molecule has 130 valence electrons. The molecule has 2 aromatic rings. The molecule has 0 unspecified atom stereocenters. The van der Waals surface area contributed by atoms with Gasteiger partial charge < -0.3 is 24.8 Å². The van der Waals surface area contributed by atoms with Gasteiger partial charge in [0.2, 0.25) is 5.75 Å². The number of ether oxygens (including phenoxy) is 3. The average Bonchev–Trinajstić information content (AvgIpc) is 3.12. The Morgan fingerprint density at radius 1 is 1.04 bits per heavy atom. The summed E-state index contributed by atoms with van der Waals surface area (Å²) in [5, 5.41) is 7.65. The lowest BCUT2D eigenvalue weighted by atomic mass is 10.1. The van der Waals surface area contributed by atoms with Crippen LogP contribution < -0.4 is 24.8 Å². The van der Waals surface area contributed by atoms with Crippen LogP contribution in [0.3, 0.4) is 0 Å². The molecule has 7 heteroatoms. The number of thiophene rings is 1. The molecule has 1 aromatic heterocycles. The minimum absolute atomic E-state index is 0.192. The molecule has 0 aliphatic rings. The Bertz CT molecular complexity index is 659. The van der Waals surface area contributed by atoms with E-state index in [2.05, 4.69) is 10.6 Å². The van der Waals surface area contributed by atoms with Gasteiger partial charge in [0.25, 0.3) is 0 Å². The van der Waals surface area contributed by atoms with Crippen LogP contribution >= 0.6 is 11.3 Å². The molecule has 2 amide bonds. The molecule has 0 aliphatic heterocycles. The molecule has 0 radical (unpaired) electrons. The number of hydrogen-bond donors (Lipinski definition) is 2. The lowest BCUT2D eigenvalue weighted by Crippen LogP contribution is -2.36. The Morgan fingerprint density at radius 3 is 2.46 bits per heavy atom. The van der Waals surface area contributed by atoms with Crippen molar-refractivity contribution < 1.29 is 19.0 Å². The van der Waals surface area contributed by atoms with Crippen molar-refractivity contribution in [2.24, 2.45) is 0 Å². The predicted molar refractivity (Wildman–Crippen MR) is 94.4 cm³/mol. The Kier molecular flexibility index (Phi) is 6.74. The maximum Gasteiger partial charge on any atom is 0.315 e. The van der Waals surface area contributed by atoms with Crippen LogP contribution in [0.2, 0.25) is 0 Å². The van der Waals surface area contributed by atoms with E-state index >= 15 is 0 Å². The van der Waals surface area contributed by atoms with Gasteiger partial charge in [-0.1, -0.05) is 12.1 Å². The maximum atomic E-state index is 11.8. The third-order valence-electron chi connectivity index (χ3n) is 3.47. The molecule has 0 saturated carbocycles. The van der Waals surface area contributed by atoms with E-state index in [1.165, 1.54) is 0 Å². The van der Waals surface area contributed by atoms with Crippen molar-refractivity contribution in [1.29, 1.82) is 0 Å². The number of nitrogens with one attached hydrogen (secondary N) is 2. The molecule has 0 fully saturated rings. The molecular formula is C17H22N2O4S. The number of methoxy groups -OCH3 is 3. The third-order valence-corrected chi connectivity index (χ3v) is 4.35. The second kappa shape index (κ2) is 9.02. The largest absolute Gasteiger partial charge is 0.493 e. The van der Waals surface area contributed by atoms with E-state index in [-0.39, 0.29) is 6.03 Å². The van der Waals surface area contributed by atoms with Crippen molar-refractivity contribution in [3.63, 3.8) is 0 Å². The van der Waals surface area contributed by atoms with Crippen LogP contribution in [0.5, 0.6) is 17.2 Å². The van der Waals surface area contributed by atoms with Crippen LogP contribution in [-0.2, 0) is 13.0 Å². The monoisotopic (exact) mass is 350 g/mol. The normalized spacial score (nSPS) is 10.1. The molecule has 2 N–H and O–H groups in total. The Labute approximate surface area is 145 Å². The zero-order valence-electron chi connectivity index (χ0n) is 14.0. The summed E-state index contributed by atoms with van der Waals surface area (Å²) in [5.74, 6) is 1.79. The fourth-order valence-corrected chi connectivity index (χ4v) is 2.96.